The molecule has 0 bridgehead atoms. The summed E-state index contributed by atoms with van der Waals surface area (Å²) in [6, 6.07) is 5.85. The number of primary amides is 1. The summed E-state index contributed by atoms with van der Waals surface area (Å²) >= 11 is 6.20. The van der Waals surface area contributed by atoms with Crippen LogP contribution in [-0.2, 0) is 6.54 Å². The normalized spacial score (nSPS) is 22.7. The van der Waals surface area contributed by atoms with Gasteiger partial charge in [-0.15, -0.1) is 0 Å². The Balaban J connectivity index is 1.92. The van der Waals surface area contributed by atoms with E-state index in [9.17, 15) is 4.79 Å². The number of hydrogen-bond donors (Lipinski definition) is 2. The molecular formula is C16H23ClN2O. The van der Waals surface area contributed by atoms with Gasteiger partial charge in [0.05, 0.1) is 0 Å². The van der Waals surface area contributed by atoms with Crippen LogP contribution in [0.25, 0.3) is 0 Å². The number of nitrogens with one attached hydrogen (secondary N) is 1. The van der Waals surface area contributed by atoms with Crippen LogP contribution in [0.4, 0.5) is 0 Å². The van der Waals surface area contributed by atoms with Crippen LogP contribution in [0, 0.1) is 5.92 Å². The predicted octanol–water partition coefficient (Wildman–Crippen LogP) is 3.50. The van der Waals surface area contributed by atoms with E-state index < -0.39 is 5.91 Å². The molecule has 0 aliphatic heterocycles. The number of halogens is 1. The highest BCUT2D eigenvalue weighted by molar-refractivity contribution is 6.31. The first-order valence-corrected chi connectivity index (χ1v) is 7.79. The van der Waals surface area contributed by atoms with Gasteiger partial charge in [-0.3, -0.25) is 4.79 Å². The molecule has 4 heteroatoms. The Bertz CT molecular complexity index is 476. The van der Waals surface area contributed by atoms with Gasteiger partial charge in [0.2, 0.25) is 5.91 Å². The second kappa shape index (κ2) is 7.09. The van der Waals surface area contributed by atoms with E-state index in [1.807, 2.05) is 6.07 Å². The summed E-state index contributed by atoms with van der Waals surface area (Å²) in [6.07, 6.45) is 6.44. The van der Waals surface area contributed by atoms with E-state index in [4.69, 9.17) is 17.3 Å². The summed E-state index contributed by atoms with van der Waals surface area (Å²) in [6.45, 7) is 3.02. The molecule has 0 radical (unpaired) electrons. The first-order chi connectivity index (χ1) is 9.60. The SMILES string of the molecule is CCC1CCCC(NCc2ccc(C(N)=O)cc2Cl)C1. The van der Waals surface area contributed by atoms with Crippen molar-refractivity contribution in [3.63, 3.8) is 0 Å². The van der Waals surface area contributed by atoms with Crippen LogP contribution in [0.2, 0.25) is 5.02 Å². The monoisotopic (exact) mass is 294 g/mol. The van der Waals surface area contributed by atoms with Gasteiger partial charge < -0.3 is 11.1 Å². The predicted molar refractivity (Wildman–Crippen MR) is 82.8 cm³/mol. The van der Waals surface area contributed by atoms with Gasteiger partial charge in [0.1, 0.15) is 0 Å². The first-order valence-electron chi connectivity index (χ1n) is 7.41. The molecule has 1 aliphatic rings. The number of rotatable bonds is 5. The average molecular weight is 295 g/mol. The molecule has 1 saturated carbocycles. The Morgan fingerprint density at radius 1 is 1.45 bits per heavy atom. The van der Waals surface area contributed by atoms with Crippen molar-refractivity contribution < 1.29 is 4.79 Å². The maximum absolute atomic E-state index is 11.1. The fraction of sp³-hybridized carbons (Fsp3) is 0.562. The van der Waals surface area contributed by atoms with E-state index in [0.717, 1.165) is 18.0 Å². The lowest BCUT2D eigenvalue weighted by Crippen LogP contribution is -2.33. The molecule has 1 amide bonds. The quantitative estimate of drug-likeness (QED) is 0.873. The van der Waals surface area contributed by atoms with Gasteiger partial charge in [0.15, 0.2) is 0 Å². The van der Waals surface area contributed by atoms with Crippen molar-refractivity contribution in [2.45, 2.75) is 51.6 Å². The standard InChI is InChI=1S/C16H23ClN2O/c1-2-11-4-3-5-14(8-11)19-10-13-7-6-12(16(18)20)9-15(13)17/h6-7,9,11,14,19H,2-5,8,10H2,1H3,(H2,18,20). The Labute approximate surface area is 125 Å². The minimum atomic E-state index is -0.440. The number of hydrogen-bond acceptors (Lipinski definition) is 2. The van der Waals surface area contributed by atoms with Gasteiger partial charge in [-0.25, -0.2) is 0 Å². The molecule has 1 aliphatic carbocycles. The van der Waals surface area contributed by atoms with Crippen LogP contribution in [-0.4, -0.2) is 11.9 Å². The summed E-state index contributed by atoms with van der Waals surface area (Å²) in [5.74, 6) is 0.415. The van der Waals surface area contributed by atoms with Gasteiger partial charge in [-0.2, -0.15) is 0 Å². The zero-order valence-corrected chi connectivity index (χ0v) is 12.7. The molecule has 20 heavy (non-hydrogen) atoms. The molecule has 0 aromatic heterocycles. The van der Waals surface area contributed by atoms with Crippen molar-refractivity contribution in [3.05, 3.63) is 34.3 Å². The Morgan fingerprint density at radius 2 is 2.25 bits per heavy atom. The summed E-state index contributed by atoms with van der Waals surface area (Å²) in [5.41, 5.74) is 6.72. The molecule has 3 nitrogen and oxygen atoms in total. The van der Waals surface area contributed by atoms with Crippen molar-refractivity contribution in [3.8, 4) is 0 Å². The third-order valence-corrected chi connectivity index (χ3v) is 4.63. The van der Waals surface area contributed by atoms with Crippen molar-refractivity contribution in [1.82, 2.24) is 5.32 Å². The largest absolute Gasteiger partial charge is 0.366 e. The van der Waals surface area contributed by atoms with Crippen LogP contribution in [0.15, 0.2) is 18.2 Å². The molecular weight excluding hydrogens is 272 g/mol. The van der Waals surface area contributed by atoms with Crippen LogP contribution >= 0.6 is 11.6 Å². The second-order valence-electron chi connectivity index (χ2n) is 5.69. The molecule has 1 fully saturated rings. The molecule has 2 unspecified atom stereocenters. The zero-order chi connectivity index (χ0) is 14.5. The Morgan fingerprint density at radius 3 is 2.90 bits per heavy atom. The molecule has 2 rings (SSSR count). The van der Waals surface area contributed by atoms with Crippen LogP contribution < -0.4 is 11.1 Å². The summed E-state index contributed by atoms with van der Waals surface area (Å²) < 4.78 is 0. The first kappa shape index (κ1) is 15.3. The molecule has 0 heterocycles. The molecule has 0 saturated heterocycles. The van der Waals surface area contributed by atoms with Gasteiger partial charge in [-0.1, -0.05) is 43.9 Å². The van der Waals surface area contributed by atoms with E-state index in [1.165, 1.54) is 32.1 Å². The highest BCUT2D eigenvalue weighted by Crippen LogP contribution is 2.27. The molecule has 0 spiro atoms. The number of amides is 1. The Hall–Kier alpha value is -1.06. The van der Waals surface area contributed by atoms with E-state index in [0.29, 0.717) is 16.6 Å². The van der Waals surface area contributed by atoms with Gasteiger partial charge in [0.25, 0.3) is 0 Å². The van der Waals surface area contributed by atoms with Gasteiger partial charge >= 0.3 is 0 Å². The van der Waals surface area contributed by atoms with E-state index in [1.54, 1.807) is 12.1 Å². The lowest BCUT2D eigenvalue weighted by atomic mass is 9.84. The highest BCUT2D eigenvalue weighted by Gasteiger charge is 2.20. The topological polar surface area (TPSA) is 55.1 Å². The molecule has 1 aromatic carbocycles. The summed E-state index contributed by atoms with van der Waals surface area (Å²) in [4.78, 5) is 11.1. The van der Waals surface area contributed by atoms with Gasteiger partial charge in [0, 0.05) is 23.2 Å². The maximum Gasteiger partial charge on any atom is 0.248 e. The third kappa shape index (κ3) is 3.97. The highest BCUT2D eigenvalue weighted by atomic mass is 35.5. The lowest BCUT2D eigenvalue weighted by molar-refractivity contribution is 0.100. The fourth-order valence-corrected chi connectivity index (χ4v) is 3.19. The van der Waals surface area contributed by atoms with E-state index in [2.05, 4.69) is 12.2 Å². The van der Waals surface area contributed by atoms with Crippen LogP contribution in [0.1, 0.15) is 54.9 Å². The van der Waals surface area contributed by atoms with Crippen LogP contribution in [0.3, 0.4) is 0 Å². The second-order valence-corrected chi connectivity index (χ2v) is 6.10. The molecule has 3 N–H and O–H groups in total. The molecule has 2 atom stereocenters. The average Bonchev–Trinajstić information content (AvgIpc) is 2.46. The fourth-order valence-electron chi connectivity index (χ4n) is 2.95. The molecule has 110 valence electrons. The van der Waals surface area contributed by atoms with Crippen molar-refractivity contribution >= 4 is 17.5 Å². The third-order valence-electron chi connectivity index (χ3n) is 4.28. The number of benzene rings is 1. The number of nitrogens with two attached hydrogens (primary N) is 1. The van der Waals surface area contributed by atoms with Crippen molar-refractivity contribution in [2.75, 3.05) is 0 Å². The Kier molecular flexibility index (Phi) is 5.44. The van der Waals surface area contributed by atoms with Crippen molar-refractivity contribution in [2.24, 2.45) is 11.7 Å². The smallest absolute Gasteiger partial charge is 0.248 e. The summed E-state index contributed by atoms with van der Waals surface area (Å²) in [5, 5.41) is 4.20. The number of carbonyl (C=O) groups excluding carboxylic acids is 1. The number of carbonyl (C=O) groups is 1. The summed E-state index contributed by atoms with van der Waals surface area (Å²) in [7, 11) is 0. The molecule has 1 aromatic rings. The minimum Gasteiger partial charge on any atom is -0.366 e. The van der Waals surface area contributed by atoms with Crippen LogP contribution in [0.5, 0.6) is 0 Å². The van der Waals surface area contributed by atoms with E-state index >= 15 is 0 Å². The van der Waals surface area contributed by atoms with E-state index in [-0.39, 0.29) is 0 Å². The lowest BCUT2D eigenvalue weighted by Gasteiger charge is -2.29. The maximum atomic E-state index is 11.1. The minimum absolute atomic E-state index is 0.440. The zero-order valence-electron chi connectivity index (χ0n) is 12.0. The van der Waals surface area contributed by atoms with Crippen molar-refractivity contribution in [1.29, 1.82) is 0 Å². The van der Waals surface area contributed by atoms with Gasteiger partial charge in [-0.05, 0) is 36.5 Å².